The van der Waals surface area contributed by atoms with Crippen LogP contribution in [0.1, 0.15) is 11.3 Å². The quantitative estimate of drug-likeness (QED) is 0.618. The van der Waals surface area contributed by atoms with Crippen molar-refractivity contribution in [2.75, 3.05) is 30.0 Å². The topological polar surface area (TPSA) is 80.8 Å². The van der Waals surface area contributed by atoms with Crippen LogP contribution in [0.4, 0.5) is 19.6 Å². The zero-order valence-corrected chi connectivity index (χ0v) is 18.4. The number of hydrogen-bond donors (Lipinski definition) is 1. The van der Waals surface area contributed by atoms with Crippen LogP contribution >= 0.6 is 11.3 Å². The molecule has 1 fully saturated rings. The highest BCUT2D eigenvalue weighted by atomic mass is 32.1. The molecule has 170 valence electrons. The summed E-state index contributed by atoms with van der Waals surface area (Å²) in [4.78, 5) is 32.1. The van der Waals surface area contributed by atoms with E-state index in [-0.39, 0.29) is 24.8 Å². The largest absolute Gasteiger partial charge is 0.486 e. The molecular formula is C23H19F2N3O4S. The molecular weight excluding hydrogens is 452 g/mol. The van der Waals surface area contributed by atoms with Crippen molar-refractivity contribution in [3.05, 3.63) is 52.9 Å². The molecule has 5 rings (SSSR count). The number of aromatic nitrogens is 1. The Kier molecular flexibility index (Phi) is 5.45. The molecule has 1 saturated heterocycles. The van der Waals surface area contributed by atoms with E-state index in [9.17, 15) is 18.4 Å². The molecule has 0 bridgehead atoms. The lowest BCUT2D eigenvalue weighted by atomic mass is 10.1. The van der Waals surface area contributed by atoms with E-state index >= 15 is 0 Å². The van der Waals surface area contributed by atoms with Gasteiger partial charge in [-0.15, -0.1) is 11.3 Å². The molecule has 1 atom stereocenters. The molecule has 3 aromatic rings. The monoisotopic (exact) mass is 471 g/mol. The number of hydrogen-bond acceptors (Lipinski definition) is 6. The van der Waals surface area contributed by atoms with Gasteiger partial charge >= 0.3 is 0 Å². The first kappa shape index (κ1) is 21.3. The van der Waals surface area contributed by atoms with Gasteiger partial charge in [0.15, 0.2) is 28.3 Å². The number of amides is 2. The molecule has 2 aromatic carbocycles. The van der Waals surface area contributed by atoms with Gasteiger partial charge in [-0.1, -0.05) is 0 Å². The van der Waals surface area contributed by atoms with E-state index in [0.717, 1.165) is 17.0 Å². The number of carbonyl (C=O) groups excluding carboxylic acids is 2. The zero-order chi connectivity index (χ0) is 23.1. The second-order valence-corrected chi connectivity index (χ2v) is 8.98. The number of rotatable bonds is 4. The molecule has 33 heavy (non-hydrogen) atoms. The van der Waals surface area contributed by atoms with Crippen molar-refractivity contribution in [1.29, 1.82) is 0 Å². The number of nitrogens with zero attached hydrogens (tertiary/aromatic N) is 2. The third-order valence-electron chi connectivity index (χ3n) is 5.55. The smallest absolute Gasteiger partial charge is 0.231 e. The molecule has 0 saturated carbocycles. The summed E-state index contributed by atoms with van der Waals surface area (Å²) in [5.74, 6) is -1.74. The summed E-state index contributed by atoms with van der Waals surface area (Å²) in [7, 11) is 0. The van der Waals surface area contributed by atoms with E-state index in [1.165, 1.54) is 17.4 Å². The Morgan fingerprint density at radius 2 is 1.91 bits per heavy atom. The maximum Gasteiger partial charge on any atom is 0.231 e. The summed E-state index contributed by atoms with van der Waals surface area (Å²) in [6, 6.07) is 8.81. The number of thiazole rings is 1. The van der Waals surface area contributed by atoms with Gasteiger partial charge in [0.1, 0.15) is 13.2 Å². The molecule has 7 nitrogen and oxygen atoms in total. The minimum absolute atomic E-state index is 0.0701. The fraction of sp³-hybridized carbons (Fsp3) is 0.261. The Balaban J connectivity index is 1.29. The van der Waals surface area contributed by atoms with E-state index in [1.54, 1.807) is 30.0 Å². The van der Waals surface area contributed by atoms with Crippen LogP contribution < -0.4 is 19.7 Å². The van der Waals surface area contributed by atoms with Crippen LogP contribution in [-0.4, -0.2) is 36.6 Å². The first-order valence-electron chi connectivity index (χ1n) is 10.3. The lowest BCUT2D eigenvalue weighted by Crippen LogP contribution is -2.28. The molecule has 1 N–H and O–H groups in total. The van der Waals surface area contributed by atoms with Gasteiger partial charge in [0.05, 0.1) is 11.6 Å². The number of nitrogens with one attached hydrogen (secondary N) is 1. The zero-order valence-electron chi connectivity index (χ0n) is 17.6. The van der Waals surface area contributed by atoms with Crippen molar-refractivity contribution in [3.63, 3.8) is 0 Å². The third kappa shape index (κ3) is 4.13. The number of anilines is 2. The van der Waals surface area contributed by atoms with Crippen LogP contribution in [0.25, 0.3) is 11.3 Å². The number of halogens is 2. The van der Waals surface area contributed by atoms with Crippen LogP contribution in [0.3, 0.4) is 0 Å². The summed E-state index contributed by atoms with van der Waals surface area (Å²) >= 11 is 1.23. The van der Waals surface area contributed by atoms with E-state index in [2.05, 4.69) is 10.3 Å². The van der Waals surface area contributed by atoms with Crippen LogP contribution in [0.2, 0.25) is 0 Å². The van der Waals surface area contributed by atoms with E-state index < -0.39 is 17.6 Å². The van der Waals surface area contributed by atoms with E-state index in [0.29, 0.717) is 46.8 Å². The molecule has 3 heterocycles. The van der Waals surface area contributed by atoms with Crippen molar-refractivity contribution in [2.24, 2.45) is 5.92 Å². The minimum Gasteiger partial charge on any atom is -0.486 e. The lowest BCUT2D eigenvalue weighted by Gasteiger charge is -2.22. The molecule has 2 amide bonds. The van der Waals surface area contributed by atoms with Gasteiger partial charge in [-0.25, -0.2) is 13.8 Å². The van der Waals surface area contributed by atoms with Gasteiger partial charge < -0.3 is 19.7 Å². The van der Waals surface area contributed by atoms with Gasteiger partial charge in [-0.2, -0.15) is 0 Å². The summed E-state index contributed by atoms with van der Waals surface area (Å²) in [5, 5.41) is 3.10. The number of aryl methyl sites for hydroxylation is 1. The van der Waals surface area contributed by atoms with Crippen molar-refractivity contribution < 1.29 is 27.8 Å². The summed E-state index contributed by atoms with van der Waals surface area (Å²) in [6.07, 6.45) is 0.0701. The van der Waals surface area contributed by atoms with Crippen LogP contribution in [-0.2, 0) is 9.59 Å². The highest BCUT2D eigenvalue weighted by Crippen LogP contribution is 2.36. The minimum atomic E-state index is -0.964. The fourth-order valence-electron chi connectivity index (χ4n) is 3.90. The normalized spacial score (nSPS) is 17.4. The molecule has 0 spiro atoms. The Morgan fingerprint density at radius 3 is 2.70 bits per heavy atom. The second-order valence-electron chi connectivity index (χ2n) is 7.78. The molecule has 0 radical (unpaired) electrons. The number of benzene rings is 2. The SMILES string of the molecule is Cc1sc(NC(=O)C2CC(=O)N(c3ccc4c(c3)OCCO4)C2)nc1-c1ccc(F)c(F)c1. The molecule has 0 aliphatic carbocycles. The predicted octanol–water partition coefficient (Wildman–Crippen LogP) is 4.16. The molecule has 2 aliphatic rings. The maximum absolute atomic E-state index is 13.6. The van der Waals surface area contributed by atoms with E-state index in [4.69, 9.17) is 9.47 Å². The highest BCUT2D eigenvalue weighted by Gasteiger charge is 2.36. The number of ether oxygens (including phenoxy) is 2. The molecule has 2 aliphatic heterocycles. The lowest BCUT2D eigenvalue weighted by molar-refractivity contribution is -0.122. The third-order valence-corrected chi connectivity index (χ3v) is 6.44. The predicted molar refractivity (Wildman–Crippen MR) is 119 cm³/mol. The first-order chi connectivity index (χ1) is 15.9. The fourth-order valence-corrected chi connectivity index (χ4v) is 4.74. The average Bonchev–Trinajstić information content (AvgIpc) is 3.37. The van der Waals surface area contributed by atoms with Crippen molar-refractivity contribution in [2.45, 2.75) is 13.3 Å². The van der Waals surface area contributed by atoms with Crippen molar-refractivity contribution in [1.82, 2.24) is 4.98 Å². The summed E-state index contributed by atoms with van der Waals surface area (Å²) in [5.41, 5.74) is 1.53. The summed E-state index contributed by atoms with van der Waals surface area (Å²) in [6.45, 7) is 2.93. The highest BCUT2D eigenvalue weighted by molar-refractivity contribution is 7.16. The van der Waals surface area contributed by atoms with E-state index in [1.807, 2.05) is 0 Å². The van der Waals surface area contributed by atoms with Crippen LogP contribution in [0.5, 0.6) is 11.5 Å². The molecule has 10 heteroatoms. The maximum atomic E-state index is 13.6. The van der Waals surface area contributed by atoms with Gasteiger partial charge in [0.25, 0.3) is 0 Å². The van der Waals surface area contributed by atoms with Crippen LogP contribution in [0, 0.1) is 24.5 Å². The van der Waals surface area contributed by atoms with Gasteiger partial charge in [-0.05, 0) is 37.3 Å². The van der Waals surface area contributed by atoms with Gasteiger partial charge in [0.2, 0.25) is 11.8 Å². The number of fused-ring (bicyclic) bond motifs is 1. The van der Waals surface area contributed by atoms with Crippen molar-refractivity contribution >= 4 is 34.0 Å². The Morgan fingerprint density at radius 1 is 1.12 bits per heavy atom. The second kappa shape index (κ2) is 8.43. The Bertz CT molecular complexity index is 1260. The number of carbonyl (C=O) groups is 2. The Hall–Kier alpha value is -3.53. The molecule has 1 aromatic heterocycles. The first-order valence-corrected chi connectivity index (χ1v) is 11.1. The van der Waals surface area contributed by atoms with Crippen LogP contribution in [0.15, 0.2) is 36.4 Å². The van der Waals surface area contributed by atoms with Crippen molar-refractivity contribution in [3.8, 4) is 22.8 Å². The molecule has 1 unspecified atom stereocenters. The van der Waals surface area contributed by atoms with Gasteiger partial charge in [-0.3, -0.25) is 9.59 Å². The Labute approximate surface area is 192 Å². The van der Waals surface area contributed by atoms with Gasteiger partial charge in [0, 0.05) is 35.2 Å². The standard InChI is InChI=1S/C23H19F2N3O4S/c1-12-21(13-2-4-16(24)17(25)8-13)26-23(33-12)27-22(30)14-9-20(29)28(11-14)15-3-5-18-19(10-15)32-7-6-31-18/h2-5,8,10,14H,6-7,9,11H2,1H3,(H,26,27,30). The summed E-state index contributed by atoms with van der Waals surface area (Å²) < 4.78 is 37.9. The average molecular weight is 471 g/mol.